The molecule has 0 amide bonds. The zero-order chi connectivity index (χ0) is 30.4. The van der Waals surface area contributed by atoms with Crippen molar-refractivity contribution in [3.63, 3.8) is 0 Å². The van der Waals surface area contributed by atoms with E-state index in [1.807, 2.05) is 0 Å². The minimum Gasteiger partial charge on any atom is -0.310 e. The lowest BCUT2D eigenvalue weighted by Gasteiger charge is -2.42. The lowest BCUT2D eigenvalue weighted by Crippen LogP contribution is -2.33. The van der Waals surface area contributed by atoms with Crippen LogP contribution >= 0.6 is 0 Å². The number of rotatable bonds is 2. The second-order valence-electron chi connectivity index (χ2n) is 14.7. The maximum atomic E-state index is 2.61. The van der Waals surface area contributed by atoms with Gasteiger partial charge in [-0.05, 0) is 87.7 Å². The fourth-order valence-corrected chi connectivity index (χ4v) is 9.09. The van der Waals surface area contributed by atoms with Crippen LogP contribution in [0.15, 0.2) is 103 Å². The van der Waals surface area contributed by atoms with Crippen LogP contribution in [-0.4, -0.2) is 9.13 Å². The molecule has 0 spiro atoms. The molecule has 3 aliphatic rings. The van der Waals surface area contributed by atoms with Gasteiger partial charge in [0.2, 0.25) is 0 Å². The third-order valence-electron chi connectivity index (χ3n) is 11.4. The summed E-state index contributed by atoms with van der Waals surface area (Å²) >= 11 is 0. The summed E-state index contributed by atoms with van der Waals surface area (Å²) in [6, 6.07) is 37.0. The summed E-state index contributed by atoms with van der Waals surface area (Å²) in [7, 11) is 0. The van der Waals surface area contributed by atoms with Crippen molar-refractivity contribution >= 4 is 38.8 Å². The fraction of sp³-hybridized carbons (Fsp3) is 0.209. The smallest absolute Gasteiger partial charge is 0.0582 e. The van der Waals surface area contributed by atoms with Crippen LogP contribution in [0, 0.1) is 5.92 Å². The number of aromatic nitrogens is 2. The van der Waals surface area contributed by atoms with Gasteiger partial charge in [-0.1, -0.05) is 107 Å². The molecule has 2 nitrogen and oxygen atoms in total. The van der Waals surface area contributed by atoms with Crippen molar-refractivity contribution < 1.29 is 0 Å². The average Bonchev–Trinajstić information content (AvgIpc) is 3.56. The molecule has 0 radical (unpaired) electrons. The first-order valence-electron chi connectivity index (χ1n) is 16.4. The van der Waals surface area contributed by atoms with Crippen LogP contribution in [0.25, 0.3) is 61.3 Å². The first-order chi connectivity index (χ1) is 21.7. The number of benzene rings is 5. The number of allylic oxidation sites excluding steroid dienone is 1. The summed E-state index contributed by atoms with van der Waals surface area (Å²) in [4.78, 5) is 0. The number of fused-ring (bicyclic) bond motifs is 4. The van der Waals surface area contributed by atoms with E-state index in [1.165, 1.54) is 88.7 Å². The Morgan fingerprint density at radius 3 is 2.07 bits per heavy atom. The van der Waals surface area contributed by atoms with Crippen LogP contribution in [0.2, 0.25) is 0 Å². The molecule has 10 rings (SSSR count). The van der Waals surface area contributed by atoms with E-state index in [0.717, 1.165) is 6.42 Å². The van der Waals surface area contributed by atoms with Gasteiger partial charge in [0, 0.05) is 38.4 Å². The van der Waals surface area contributed by atoms with Gasteiger partial charge >= 0.3 is 0 Å². The van der Waals surface area contributed by atoms with Gasteiger partial charge < -0.3 is 9.13 Å². The molecule has 2 heteroatoms. The molecule has 5 aromatic carbocycles. The summed E-state index contributed by atoms with van der Waals surface area (Å²) in [6.07, 6.45) is 5.78. The highest BCUT2D eigenvalue weighted by Crippen LogP contribution is 2.55. The molecule has 0 saturated carbocycles. The molecule has 0 fully saturated rings. The van der Waals surface area contributed by atoms with E-state index < -0.39 is 0 Å². The fourth-order valence-electron chi connectivity index (χ4n) is 9.09. The molecule has 4 heterocycles. The monoisotopic (exact) mass is 580 g/mol. The minimum absolute atomic E-state index is 0.0590. The maximum Gasteiger partial charge on any atom is 0.0582 e. The second-order valence-corrected chi connectivity index (χ2v) is 14.7. The summed E-state index contributed by atoms with van der Waals surface area (Å²) in [5.74, 6) is 0.565. The van der Waals surface area contributed by atoms with Crippen LogP contribution in [-0.2, 0) is 17.3 Å². The van der Waals surface area contributed by atoms with Crippen molar-refractivity contribution in [2.24, 2.45) is 5.92 Å². The topological polar surface area (TPSA) is 9.86 Å². The van der Waals surface area contributed by atoms with Crippen molar-refractivity contribution in [2.75, 3.05) is 0 Å². The van der Waals surface area contributed by atoms with Crippen molar-refractivity contribution in [3.8, 4) is 22.5 Å². The van der Waals surface area contributed by atoms with Crippen LogP contribution in [0.1, 0.15) is 68.1 Å². The highest BCUT2D eigenvalue weighted by atomic mass is 15.0. The molecule has 1 unspecified atom stereocenters. The van der Waals surface area contributed by atoms with E-state index in [2.05, 4.69) is 153 Å². The Labute approximate surface area is 264 Å². The molecule has 1 atom stereocenters. The molecular weight excluding hydrogens is 544 g/mol. The number of para-hydroxylation sites is 3. The molecule has 1 aliphatic carbocycles. The number of hydrogen-bond acceptors (Lipinski definition) is 0. The van der Waals surface area contributed by atoms with Gasteiger partial charge in [-0.3, -0.25) is 0 Å². The molecule has 7 aromatic rings. The Bertz CT molecular complexity index is 2460. The first-order valence-corrected chi connectivity index (χ1v) is 16.4. The lowest BCUT2D eigenvalue weighted by atomic mass is 9.68. The van der Waals surface area contributed by atoms with Crippen LogP contribution in [0.4, 0.5) is 0 Å². The summed E-state index contributed by atoms with van der Waals surface area (Å²) in [5, 5.41) is 4.10. The Morgan fingerprint density at radius 2 is 1.27 bits per heavy atom. The van der Waals surface area contributed by atoms with E-state index >= 15 is 0 Å². The summed E-state index contributed by atoms with van der Waals surface area (Å²) in [6.45, 7) is 11.9. The minimum atomic E-state index is -0.121. The average molecular weight is 581 g/mol. The normalized spacial score (nSPS) is 18.3. The molecule has 218 valence electrons. The standard InChI is InChI=1S/C43H36N2/c1-25-16-21-38-31(22-25)29-10-6-7-15-37(29)44(38)28-19-17-26(18-20-28)27-23-32-30-11-8-12-33-39(30)45-40(32)36(24-27)43(4,5)35-14-9-13-34(41(35)45)42(33,2)3/h6-21,23-25H,22H2,1-5H3. The highest BCUT2D eigenvalue weighted by Gasteiger charge is 2.43. The van der Waals surface area contributed by atoms with Crippen molar-refractivity contribution in [1.82, 2.24) is 9.13 Å². The Kier molecular flexibility index (Phi) is 4.68. The molecular formula is C43H36N2. The van der Waals surface area contributed by atoms with Crippen molar-refractivity contribution in [1.29, 1.82) is 0 Å². The van der Waals surface area contributed by atoms with Gasteiger partial charge in [0.05, 0.1) is 22.2 Å². The van der Waals surface area contributed by atoms with Gasteiger partial charge in [0.25, 0.3) is 0 Å². The van der Waals surface area contributed by atoms with E-state index in [4.69, 9.17) is 0 Å². The maximum absolute atomic E-state index is 2.61. The third-order valence-corrected chi connectivity index (χ3v) is 11.4. The van der Waals surface area contributed by atoms with Crippen LogP contribution in [0.5, 0.6) is 0 Å². The predicted octanol–water partition coefficient (Wildman–Crippen LogP) is 10.9. The molecule has 2 aromatic heterocycles. The van der Waals surface area contributed by atoms with E-state index in [0.29, 0.717) is 5.92 Å². The first kappa shape index (κ1) is 25.5. The van der Waals surface area contributed by atoms with E-state index in [9.17, 15) is 0 Å². The SMILES string of the molecule is CC1C=Cc2c(c3ccccc3n2-c2ccc(-c3cc4c5c(c3)c3cccc6c3n5-c3c(cccc3C4(C)C)C6(C)C)cc2)C1. The van der Waals surface area contributed by atoms with Gasteiger partial charge in [0.15, 0.2) is 0 Å². The summed E-state index contributed by atoms with van der Waals surface area (Å²) in [5.41, 5.74) is 17.5. The molecule has 2 aliphatic heterocycles. The lowest BCUT2D eigenvalue weighted by molar-refractivity contribution is 0.594. The quantitative estimate of drug-likeness (QED) is 0.192. The predicted molar refractivity (Wildman–Crippen MR) is 189 cm³/mol. The molecule has 0 saturated heterocycles. The summed E-state index contributed by atoms with van der Waals surface area (Å²) < 4.78 is 5.06. The number of nitrogens with zero attached hydrogens (tertiary/aromatic N) is 2. The Morgan fingerprint density at radius 1 is 0.600 bits per heavy atom. The zero-order valence-electron chi connectivity index (χ0n) is 26.6. The van der Waals surface area contributed by atoms with E-state index in [1.54, 1.807) is 0 Å². The van der Waals surface area contributed by atoms with Gasteiger partial charge in [-0.25, -0.2) is 0 Å². The molecule has 45 heavy (non-hydrogen) atoms. The third kappa shape index (κ3) is 3.05. The zero-order valence-corrected chi connectivity index (χ0v) is 26.6. The second kappa shape index (κ2) is 8.25. The van der Waals surface area contributed by atoms with Gasteiger partial charge in [-0.2, -0.15) is 0 Å². The Hall–Kier alpha value is -4.82. The molecule has 0 N–H and O–H groups in total. The Balaban J connectivity index is 1.21. The highest BCUT2D eigenvalue weighted by molar-refractivity contribution is 6.15. The van der Waals surface area contributed by atoms with Crippen molar-refractivity contribution in [2.45, 2.75) is 51.9 Å². The number of hydrogen-bond donors (Lipinski definition) is 0. The van der Waals surface area contributed by atoms with Gasteiger partial charge in [-0.15, -0.1) is 0 Å². The van der Waals surface area contributed by atoms with Crippen LogP contribution < -0.4 is 0 Å². The molecule has 0 bridgehead atoms. The van der Waals surface area contributed by atoms with Gasteiger partial charge in [0.1, 0.15) is 0 Å². The van der Waals surface area contributed by atoms with E-state index in [-0.39, 0.29) is 10.8 Å². The largest absolute Gasteiger partial charge is 0.310 e. The van der Waals surface area contributed by atoms with Crippen molar-refractivity contribution in [3.05, 3.63) is 137 Å². The van der Waals surface area contributed by atoms with Crippen LogP contribution in [0.3, 0.4) is 0 Å².